The molecule has 0 aliphatic carbocycles. The molecule has 2 aliphatic rings. The first-order valence-electron chi connectivity index (χ1n) is 6.46. The van der Waals surface area contributed by atoms with Crippen molar-refractivity contribution in [2.45, 2.75) is 32.1 Å². The predicted octanol–water partition coefficient (Wildman–Crippen LogP) is 1.49. The van der Waals surface area contributed by atoms with Gasteiger partial charge in [-0.1, -0.05) is 0 Å². The Morgan fingerprint density at radius 1 is 1.29 bits per heavy atom. The van der Waals surface area contributed by atoms with Crippen molar-refractivity contribution >= 4 is 5.91 Å². The van der Waals surface area contributed by atoms with Crippen molar-refractivity contribution in [1.29, 1.82) is 0 Å². The normalized spacial score (nSPS) is 30.6. The summed E-state index contributed by atoms with van der Waals surface area (Å²) in [6.45, 7) is 2.56. The molecule has 1 amide bonds. The van der Waals surface area contributed by atoms with Gasteiger partial charge in [-0.2, -0.15) is 0 Å². The van der Waals surface area contributed by atoms with E-state index in [4.69, 9.17) is 0 Å². The molecule has 2 aliphatic heterocycles. The highest BCUT2D eigenvalue weighted by Gasteiger charge is 2.32. The first-order chi connectivity index (χ1) is 8.18. The monoisotopic (exact) mass is 246 g/mol. The van der Waals surface area contributed by atoms with E-state index in [1.54, 1.807) is 4.90 Å². The predicted molar refractivity (Wildman–Crippen MR) is 60.9 cm³/mol. The van der Waals surface area contributed by atoms with Gasteiger partial charge in [-0.25, -0.2) is 8.78 Å². The summed E-state index contributed by atoms with van der Waals surface area (Å²) in [6.07, 6.45) is 0.852. The lowest BCUT2D eigenvalue weighted by atomic mass is 9.94. The van der Waals surface area contributed by atoms with Gasteiger partial charge in [0, 0.05) is 25.6 Å². The van der Waals surface area contributed by atoms with Crippen LogP contribution in [0.3, 0.4) is 0 Å². The molecule has 2 heterocycles. The Balaban J connectivity index is 1.89. The molecular formula is C12H20F2N2O. The summed E-state index contributed by atoms with van der Waals surface area (Å²) in [5.74, 6) is -0.549. The third kappa shape index (κ3) is 3.15. The van der Waals surface area contributed by atoms with Gasteiger partial charge < -0.3 is 10.2 Å². The molecule has 0 aromatic heterocycles. The molecule has 1 N–H and O–H groups in total. The number of nitrogens with zero attached hydrogens (tertiary/aromatic N) is 1. The summed E-state index contributed by atoms with van der Waals surface area (Å²) in [4.78, 5) is 13.8. The SMILES string of the molecule is O=C([C@H]1CCCNC1)N1CCC[C@H](C(F)F)C1. The maximum absolute atomic E-state index is 12.6. The third-order valence-electron chi connectivity index (χ3n) is 3.77. The van der Waals surface area contributed by atoms with Crippen LogP contribution in [0.4, 0.5) is 8.78 Å². The van der Waals surface area contributed by atoms with Crippen LogP contribution >= 0.6 is 0 Å². The van der Waals surface area contributed by atoms with Crippen molar-refractivity contribution in [3.63, 3.8) is 0 Å². The number of nitrogens with one attached hydrogen (secondary N) is 1. The molecule has 0 aromatic carbocycles. The van der Waals surface area contributed by atoms with Gasteiger partial charge >= 0.3 is 0 Å². The number of hydrogen-bond donors (Lipinski definition) is 1. The zero-order valence-corrected chi connectivity index (χ0v) is 10.0. The van der Waals surface area contributed by atoms with E-state index in [9.17, 15) is 13.6 Å². The van der Waals surface area contributed by atoms with Crippen LogP contribution in [-0.4, -0.2) is 43.4 Å². The molecule has 0 unspecified atom stereocenters. The molecule has 2 fully saturated rings. The molecule has 98 valence electrons. The first-order valence-corrected chi connectivity index (χ1v) is 6.46. The van der Waals surface area contributed by atoms with Gasteiger partial charge in [0.05, 0.1) is 5.92 Å². The minimum Gasteiger partial charge on any atom is -0.342 e. The first kappa shape index (κ1) is 12.7. The highest BCUT2D eigenvalue weighted by Crippen LogP contribution is 2.24. The molecule has 2 atom stereocenters. The molecule has 17 heavy (non-hydrogen) atoms. The van der Waals surface area contributed by atoms with Crippen LogP contribution in [0.25, 0.3) is 0 Å². The maximum atomic E-state index is 12.6. The van der Waals surface area contributed by atoms with Crippen molar-refractivity contribution in [3.8, 4) is 0 Å². The van der Waals surface area contributed by atoms with Gasteiger partial charge in [-0.3, -0.25) is 4.79 Å². The topological polar surface area (TPSA) is 32.3 Å². The van der Waals surface area contributed by atoms with E-state index in [-0.39, 0.29) is 18.4 Å². The number of hydrogen-bond acceptors (Lipinski definition) is 2. The lowest BCUT2D eigenvalue weighted by Gasteiger charge is -2.35. The van der Waals surface area contributed by atoms with E-state index in [1.807, 2.05) is 0 Å². The van der Waals surface area contributed by atoms with Crippen molar-refractivity contribution in [3.05, 3.63) is 0 Å². The number of carbonyl (C=O) groups excluding carboxylic acids is 1. The Morgan fingerprint density at radius 3 is 2.76 bits per heavy atom. The van der Waals surface area contributed by atoms with Crippen LogP contribution in [0.15, 0.2) is 0 Å². The number of rotatable bonds is 2. The van der Waals surface area contributed by atoms with E-state index >= 15 is 0 Å². The van der Waals surface area contributed by atoms with Crippen LogP contribution in [0.1, 0.15) is 25.7 Å². The molecule has 2 rings (SSSR count). The van der Waals surface area contributed by atoms with E-state index in [0.29, 0.717) is 25.9 Å². The molecule has 3 nitrogen and oxygen atoms in total. The summed E-state index contributed by atoms with van der Waals surface area (Å²) in [7, 11) is 0. The Kier molecular flexibility index (Phi) is 4.31. The zero-order valence-electron chi connectivity index (χ0n) is 10.0. The fourth-order valence-corrected chi connectivity index (χ4v) is 2.74. The van der Waals surface area contributed by atoms with Crippen LogP contribution < -0.4 is 5.32 Å². The third-order valence-corrected chi connectivity index (χ3v) is 3.77. The lowest BCUT2D eigenvalue weighted by molar-refractivity contribution is -0.139. The Hall–Kier alpha value is -0.710. The quantitative estimate of drug-likeness (QED) is 0.800. The Morgan fingerprint density at radius 2 is 2.12 bits per heavy atom. The van der Waals surface area contributed by atoms with Gasteiger partial charge in [0.15, 0.2) is 0 Å². The number of halogens is 2. The fourth-order valence-electron chi connectivity index (χ4n) is 2.74. The Labute approximate surface area is 101 Å². The second-order valence-corrected chi connectivity index (χ2v) is 5.06. The number of carbonyl (C=O) groups is 1. The summed E-state index contributed by atoms with van der Waals surface area (Å²) in [5.41, 5.74) is 0. The van der Waals surface area contributed by atoms with E-state index in [1.165, 1.54) is 0 Å². The number of piperidine rings is 2. The minimum absolute atomic E-state index is 0.000160. The summed E-state index contributed by atoms with van der Waals surface area (Å²) < 4.78 is 25.3. The van der Waals surface area contributed by atoms with Crippen LogP contribution in [0.5, 0.6) is 0 Å². The van der Waals surface area contributed by atoms with Crippen molar-refractivity contribution < 1.29 is 13.6 Å². The zero-order chi connectivity index (χ0) is 12.3. The van der Waals surface area contributed by atoms with Gasteiger partial charge in [0.1, 0.15) is 0 Å². The Bertz CT molecular complexity index is 267. The summed E-state index contributed by atoms with van der Waals surface area (Å²) >= 11 is 0. The van der Waals surface area contributed by atoms with Crippen molar-refractivity contribution in [2.75, 3.05) is 26.2 Å². The number of alkyl halides is 2. The molecule has 0 spiro atoms. The molecule has 5 heteroatoms. The highest BCUT2D eigenvalue weighted by molar-refractivity contribution is 5.79. The van der Waals surface area contributed by atoms with Crippen molar-refractivity contribution in [1.82, 2.24) is 10.2 Å². The van der Waals surface area contributed by atoms with Gasteiger partial charge in [-0.05, 0) is 32.2 Å². The molecular weight excluding hydrogens is 226 g/mol. The van der Waals surface area contributed by atoms with Crippen LogP contribution in [0.2, 0.25) is 0 Å². The fraction of sp³-hybridized carbons (Fsp3) is 0.917. The smallest absolute Gasteiger partial charge is 0.243 e. The lowest BCUT2D eigenvalue weighted by Crippen LogP contribution is -2.47. The van der Waals surface area contributed by atoms with Crippen molar-refractivity contribution in [2.24, 2.45) is 11.8 Å². The molecule has 0 radical (unpaired) electrons. The summed E-state index contributed by atoms with van der Waals surface area (Å²) in [6, 6.07) is 0. The van der Waals surface area contributed by atoms with E-state index < -0.39 is 12.3 Å². The van der Waals surface area contributed by atoms with Gasteiger partial charge in [-0.15, -0.1) is 0 Å². The highest BCUT2D eigenvalue weighted by atomic mass is 19.3. The number of likely N-dealkylation sites (tertiary alicyclic amines) is 1. The second-order valence-electron chi connectivity index (χ2n) is 5.06. The second kappa shape index (κ2) is 5.76. The number of amides is 1. The molecule has 0 bridgehead atoms. The van der Waals surface area contributed by atoms with E-state index in [0.717, 1.165) is 19.4 Å². The molecule has 2 saturated heterocycles. The standard InChI is InChI=1S/C12H20F2N2O/c13-11(14)10-4-2-6-16(8-10)12(17)9-3-1-5-15-7-9/h9-11,15H,1-8H2/t9-,10-/m0/s1. The average molecular weight is 246 g/mol. The van der Waals surface area contributed by atoms with Crippen LogP contribution in [0, 0.1) is 11.8 Å². The van der Waals surface area contributed by atoms with Gasteiger partial charge in [0.25, 0.3) is 0 Å². The maximum Gasteiger partial charge on any atom is 0.243 e. The summed E-state index contributed by atoms with van der Waals surface area (Å²) in [5, 5.41) is 3.19. The molecule has 0 saturated carbocycles. The average Bonchev–Trinajstić information content (AvgIpc) is 2.39. The molecule has 0 aromatic rings. The largest absolute Gasteiger partial charge is 0.342 e. The minimum atomic E-state index is -2.30. The van der Waals surface area contributed by atoms with E-state index in [2.05, 4.69) is 5.32 Å². The van der Waals surface area contributed by atoms with Crippen LogP contribution in [-0.2, 0) is 4.79 Å². The van der Waals surface area contributed by atoms with Gasteiger partial charge in [0.2, 0.25) is 12.3 Å².